The first-order valence-corrected chi connectivity index (χ1v) is 8.53. The van der Waals surface area contributed by atoms with Crippen molar-refractivity contribution >= 4 is 27.7 Å². The van der Waals surface area contributed by atoms with Crippen LogP contribution in [0.1, 0.15) is 30.4 Å². The lowest BCUT2D eigenvalue weighted by atomic mass is 9.75. The minimum Gasteiger partial charge on any atom is -0.446 e. The zero-order valence-corrected chi connectivity index (χ0v) is 14.8. The van der Waals surface area contributed by atoms with Gasteiger partial charge in [-0.05, 0) is 30.7 Å². The molecule has 1 aliphatic heterocycles. The number of rotatable bonds is 5. The number of halogens is 1. The number of hydrogen-bond acceptors (Lipinski definition) is 3. The second-order valence-electron chi connectivity index (χ2n) is 5.92. The minimum atomic E-state index is -0.960. The van der Waals surface area contributed by atoms with Crippen LogP contribution in [0, 0.1) is 0 Å². The van der Waals surface area contributed by atoms with Crippen molar-refractivity contribution < 1.29 is 14.3 Å². The number of carbonyl (C=O) groups is 2. The minimum absolute atomic E-state index is 0.0505. The lowest BCUT2D eigenvalue weighted by molar-refractivity contribution is -0.149. The summed E-state index contributed by atoms with van der Waals surface area (Å²) in [7, 11) is 0. The molecule has 24 heavy (non-hydrogen) atoms. The Kier molecular flexibility index (Phi) is 4.67. The van der Waals surface area contributed by atoms with Crippen molar-refractivity contribution in [2.75, 3.05) is 0 Å². The summed E-state index contributed by atoms with van der Waals surface area (Å²) < 4.78 is 6.73. The molecule has 0 aromatic heterocycles. The predicted octanol–water partition coefficient (Wildman–Crippen LogP) is 4.52. The van der Waals surface area contributed by atoms with Crippen molar-refractivity contribution in [2.24, 2.45) is 0 Å². The average molecular weight is 385 g/mol. The predicted molar refractivity (Wildman–Crippen MR) is 95.5 cm³/mol. The van der Waals surface area contributed by atoms with E-state index in [9.17, 15) is 9.59 Å². The highest BCUT2D eigenvalue weighted by Crippen LogP contribution is 2.46. The molecule has 0 N–H and O–H groups in total. The Bertz CT molecular complexity index is 780. The van der Waals surface area contributed by atoms with Crippen molar-refractivity contribution in [3.05, 3.63) is 82.3 Å². The summed E-state index contributed by atoms with van der Waals surface area (Å²) in [6.07, 6.45) is 3.51. The number of Topliss-reactive ketones (excluding diaryl/α,β-unsaturated/α-hetero) is 1. The van der Waals surface area contributed by atoms with E-state index >= 15 is 0 Å². The fourth-order valence-electron chi connectivity index (χ4n) is 3.17. The molecule has 3 nitrogen and oxygen atoms in total. The largest absolute Gasteiger partial charge is 0.446 e. The van der Waals surface area contributed by atoms with E-state index in [0.717, 1.165) is 15.6 Å². The van der Waals surface area contributed by atoms with E-state index in [1.165, 1.54) is 6.08 Å². The van der Waals surface area contributed by atoms with E-state index in [4.69, 9.17) is 4.74 Å². The van der Waals surface area contributed by atoms with Crippen LogP contribution in [0.4, 0.5) is 0 Å². The normalized spacial score (nSPS) is 20.7. The van der Waals surface area contributed by atoms with E-state index in [1.54, 1.807) is 13.0 Å². The quantitative estimate of drug-likeness (QED) is 0.711. The van der Waals surface area contributed by atoms with E-state index in [2.05, 4.69) is 15.9 Å². The molecule has 0 spiro atoms. The fourth-order valence-corrected chi connectivity index (χ4v) is 3.43. The summed E-state index contributed by atoms with van der Waals surface area (Å²) in [4.78, 5) is 23.8. The van der Waals surface area contributed by atoms with Crippen LogP contribution in [0.3, 0.4) is 0 Å². The Morgan fingerprint density at radius 3 is 2.33 bits per heavy atom. The van der Waals surface area contributed by atoms with Gasteiger partial charge in [0.1, 0.15) is 5.78 Å². The van der Waals surface area contributed by atoms with Crippen molar-refractivity contribution in [1.82, 2.24) is 0 Å². The van der Waals surface area contributed by atoms with Crippen LogP contribution in [-0.2, 0) is 19.9 Å². The van der Waals surface area contributed by atoms with Gasteiger partial charge >= 0.3 is 5.97 Å². The molecule has 0 saturated carbocycles. The summed E-state index contributed by atoms with van der Waals surface area (Å²) >= 11 is 3.43. The molecule has 0 bridgehead atoms. The number of ether oxygens (including phenoxy) is 1. The molecule has 3 rings (SSSR count). The highest BCUT2D eigenvalue weighted by Gasteiger charge is 2.46. The molecule has 0 fully saturated rings. The van der Waals surface area contributed by atoms with Crippen LogP contribution >= 0.6 is 15.9 Å². The molecule has 0 unspecified atom stereocenters. The molecule has 2 aromatic carbocycles. The first-order chi connectivity index (χ1) is 11.5. The van der Waals surface area contributed by atoms with Gasteiger partial charge in [-0.25, -0.2) is 4.79 Å². The first kappa shape index (κ1) is 16.7. The number of carbonyl (C=O) groups excluding carboxylic acids is 2. The summed E-state index contributed by atoms with van der Waals surface area (Å²) in [5.74, 6) is -0.618. The van der Waals surface area contributed by atoms with Gasteiger partial charge in [0.15, 0.2) is 5.60 Å². The number of benzene rings is 2. The highest BCUT2D eigenvalue weighted by atomic mass is 79.9. The molecule has 1 heterocycles. The van der Waals surface area contributed by atoms with Gasteiger partial charge in [0.2, 0.25) is 0 Å². The smallest absolute Gasteiger partial charge is 0.331 e. The Balaban J connectivity index is 2.14. The van der Waals surface area contributed by atoms with Gasteiger partial charge < -0.3 is 9.53 Å². The van der Waals surface area contributed by atoms with Gasteiger partial charge in [0.05, 0.1) is 0 Å². The van der Waals surface area contributed by atoms with Crippen LogP contribution < -0.4 is 0 Å². The molecule has 122 valence electrons. The maximum Gasteiger partial charge on any atom is 0.331 e. The standard InChI is InChI=1S/C20H17BrO3/c1-14(22)13-18(15-7-9-17(21)10-8-15)20(12-11-19(23)24-20)16-5-3-2-4-6-16/h2-12,18H,13H2,1H3/t18-,20+/m0/s1. The Hall–Kier alpha value is -2.20. The van der Waals surface area contributed by atoms with Crippen molar-refractivity contribution in [3.8, 4) is 0 Å². The van der Waals surface area contributed by atoms with Gasteiger partial charge in [-0.1, -0.05) is 58.4 Å². The van der Waals surface area contributed by atoms with Gasteiger partial charge in [-0.3, -0.25) is 0 Å². The van der Waals surface area contributed by atoms with E-state index < -0.39 is 5.60 Å². The Labute approximate surface area is 149 Å². The van der Waals surface area contributed by atoms with Crippen LogP contribution in [0.25, 0.3) is 0 Å². The molecule has 1 aliphatic rings. The highest BCUT2D eigenvalue weighted by molar-refractivity contribution is 9.10. The number of ketones is 1. The van der Waals surface area contributed by atoms with Gasteiger partial charge in [-0.2, -0.15) is 0 Å². The van der Waals surface area contributed by atoms with Crippen LogP contribution in [0.15, 0.2) is 71.2 Å². The third-order valence-corrected chi connectivity index (χ3v) is 4.77. The van der Waals surface area contributed by atoms with Crippen LogP contribution in [0.2, 0.25) is 0 Å². The van der Waals surface area contributed by atoms with E-state index in [1.807, 2.05) is 54.6 Å². The Morgan fingerprint density at radius 1 is 1.12 bits per heavy atom. The third kappa shape index (κ3) is 3.20. The summed E-state index contributed by atoms with van der Waals surface area (Å²) in [5.41, 5.74) is 0.857. The molecule has 0 saturated heterocycles. The molecular formula is C20H17BrO3. The number of cyclic esters (lactones) is 1. The maximum absolute atomic E-state index is 11.9. The molecule has 0 radical (unpaired) electrons. The van der Waals surface area contributed by atoms with Gasteiger partial charge in [0.25, 0.3) is 0 Å². The van der Waals surface area contributed by atoms with Crippen LogP contribution in [0.5, 0.6) is 0 Å². The first-order valence-electron chi connectivity index (χ1n) is 7.74. The number of esters is 1. The average Bonchev–Trinajstić information content (AvgIpc) is 2.97. The van der Waals surface area contributed by atoms with Crippen molar-refractivity contribution in [3.63, 3.8) is 0 Å². The third-order valence-electron chi connectivity index (χ3n) is 4.24. The van der Waals surface area contributed by atoms with E-state index in [-0.39, 0.29) is 24.1 Å². The lowest BCUT2D eigenvalue weighted by Gasteiger charge is -2.35. The van der Waals surface area contributed by atoms with Gasteiger partial charge in [0, 0.05) is 28.5 Å². The van der Waals surface area contributed by atoms with Crippen molar-refractivity contribution in [2.45, 2.75) is 24.9 Å². The molecular weight excluding hydrogens is 368 g/mol. The summed E-state index contributed by atoms with van der Waals surface area (Å²) in [6, 6.07) is 17.4. The molecule has 0 aliphatic carbocycles. The monoisotopic (exact) mass is 384 g/mol. The number of hydrogen-bond donors (Lipinski definition) is 0. The van der Waals surface area contributed by atoms with Crippen LogP contribution in [-0.4, -0.2) is 11.8 Å². The fraction of sp³-hybridized carbons (Fsp3) is 0.200. The maximum atomic E-state index is 11.9. The summed E-state index contributed by atoms with van der Waals surface area (Å²) in [6.45, 7) is 1.56. The Morgan fingerprint density at radius 2 is 1.79 bits per heavy atom. The van der Waals surface area contributed by atoms with Gasteiger partial charge in [-0.15, -0.1) is 0 Å². The van der Waals surface area contributed by atoms with E-state index in [0.29, 0.717) is 0 Å². The zero-order valence-electron chi connectivity index (χ0n) is 13.2. The lowest BCUT2D eigenvalue weighted by Crippen LogP contribution is -2.34. The molecule has 0 amide bonds. The van der Waals surface area contributed by atoms with Crippen molar-refractivity contribution in [1.29, 1.82) is 0 Å². The molecule has 2 aromatic rings. The zero-order chi connectivity index (χ0) is 17.2. The molecule has 4 heteroatoms. The second kappa shape index (κ2) is 6.73. The SMILES string of the molecule is CC(=O)C[C@@H](c1ccc(Br)cc1)[C@]1(c2ccccc2)C=CC(=O)O1. The summed E-state index contributed by atoms with van der Waals surface area (Å²) in [5, 5.41) is 0. The topological polar surface area (TPSA) is 43.4 Å². The second-order valence-corrected chi connectivity index (χ2v) is 6.84. The molecule has 2 atom stereocenters.